The van der Waals surface area contributed by atoms with E-state index >= 15 is 0 Å². The second-order valence-electron chi connectivity index (χ2n) is 6.01. The summed E-state index contributed by atoms with van der Waals surface area (Å²) in [5.41, 5.74) is 0.805. The molecule has 140 valence electrons. The van der Waals surface area contributed by atoms with Crippen LogP contribution in [-0.2, 0) is 14.8 Å². The molecule has 0 saturated carbocycles. The Balaban J connectivity index is 1.83. The molecule has 0 radical (unpaired) electrons. The topological polar surface area (TPSA) is 66.5 Å². The minimum atomic E-state index is -3.72. The number of anilines is 2. The van der Waals surface area contributed by atoms with Gasteiger partial charge in [0.05, 0.1) is 11.9 Å². The SMILES string of the molecule is CS(=O)(=O)N(CC(=O)Nc1ccc2ccccc2c1)c1cc(Cl)cc(Cl)c1. The lowest BCUT2D eigenvalue weighted by Gasteiger charge is -2.22. The number of nitrogens with one attached hydrogen (secondary N) is 1. The van der Waals surface area contributed by atoms with E-state index in [2.05, 4.69) is 5.32 Å². The third-order valence-electron chi connectivity index (χ3n) is 3.86. The van der Waals surface area contributed by atoms with E-state index < -0.39 is 22.5 Å². The monoisotopic (exact) mass is 422 g/mol. The molecule has 0 atom stereocenters. The molecule has 1 amide bonds. The Labute approximate surface area is 167 Å². The van der Waals surface area contributed by atoms with Gasteiger partial charge in [-0.25, -0.2) is 8.42 Å². The van der Waals surface area contributed by atoms with Gasteiger partial charge in [-0.2, -0.15) is 0 Å². The lowest BCUT2D eigenvalue weighted by molar-refractivity contribution is -0.114. The summed E-state index contributed by atoms with van der Waals surface area (Å²) < 4.78 is 25.3. The summed E-state index contributed by atoms with van der Waals surface area (Å²) in [7, 11) is -3.72. The third-order valence-corrected chi connectivity index (χ3v) is 5.43. The average molecular weight is 423 g/mol. The average Bonchev–Trinajstić information content (AvgIpc) is 2.57. The second-order valence-corrected chi connectivity index (χ2v) is 8.79. The highest BCUT2D eigenvalue weighted by Gasteiger charge is 2.21. The van der Waals surface area contributed by atoms with Crippen molar-refractivity contribution in [3.05, 3.63) is 70.7 Å². The van der Waals surface area contributed by atoms with Crippen LogP contribution >= 0.6 is 23.2 Å². The fourth-order valence-electron chi connectivity index (χ4n) is 2.68. The molecule has 0 aliphatic rings. The molecular formula is C19H16Cl2N2O3S. The molecule has 5 nitrogen and oxygen atoms in total. The van der Waals surface area contributed by atoms with E-state index in [1.165, 1.54) is 18.2 Å². The first-order valence-corrected chi connectivity index (χ1v) is 10.6. The predicted octanol–water partition coefficient (Wildman–Crippen LogP) is 4.55. The zero-order valence-electron chi connectivity index (χ0n) is 14.3. The van der Waals surface area contributed by atoms with Crippen molar-refractivity contribution >= 4 is 61.3 Å². The van der Waals surface area contributed by atoms with Crippen molar-refractivity contribution in [2.75, 3.05) is 22.4 Å². The zero-order chi connectivity index (χ0) is 19.6. The maximum atomic E-state index is 12.5. The van der Waals surface area contributed by atoms with Gasteiger partial charge >= 0.3 is 0 Å². The van der Waals surface area contributed by atoms with Gasteiger partial charge in [0.25, 0.3) is 0 Å². The molecule has 0 aliphatic heterocycles. The van der Waals surface area contributed by atoms with Crippen LogP contribution in [0.25, 0.3) is 10.8 Å². The van der Waals surface area contributed by atoms with Crippen molar-refractivity contribution in [2.24, 2.45) is 0 Å². The van der Waals surface area contributed by atoms with Gasteiger partial charge in [-0.3, -0.25) is 9.10 Å². The largest absolute Gasteiger partial charge is 0.324 e. The predicted molar refractivity (Wildman–Crippen MR) is 111 cm³/mol. The maximum Gasteiger partial charge on any atom is 0.245 e. The molecule has 0 spiro atoms. The number of halogens is 2. The van der Waals surface area contributed by atoms with Crippen molar-refractivity contribution in [1.29, 1.82) is 0 Å². The molecule has 3 rings (SSSR count). The number of amides is 1. The Bertz CT molecular complexity index is 1100. The fourth-order valence-corrected chi connectivity index (χ4v) is 4.04. The summed E-state index contributed by atoms with van der Waals surface area (Å²) in [4.78, 5) is 12.5. The van der Waals surface area contributed by atoms with Gasteiger partial charge < -0.3 is 5.32 Å². The molecule has 1 N–H and O–H groups in total. The van der Waals surface area contributed by atoms with E-state index in [9.17, 15) is 13.2 Å². The van der Waals surface area contributed by atoms with E-state index in [-0.39, 0.29) is 15.7 Å². The van der Waals surface area contributed by atoms with Crippen LogP contribution in [0, 0.1) is 0 Å². The van der Waals surface area contributed by atoms with Gasteiger partial charge in [0.2, 0.25) is 15.9 Å². The van der Waals surface area contributed by atoms with Crippen molar-refractivity contribution in [3.8, 4) is 0 Å². The summed E-state index contributed by atoms with van der Waals surface area (Å²) >= 11 is 11.9. The molecule has 0 aliphatic carbocycles. The first kappa shape index (κ1) is 19.5. The van der Waals surface area contributed by atoms with E-state index in [1.807, 2.05) is 36.4 Å². The van der Waals surface area contributed by atoms with Crippen LogP contribution < -0.4 is 9.62 Å². The highest BCUT2D eigenvalue weighted by molar-refractivity contribution is 7.92. The molecule has 0 unspecified atom stereocenters. The number of rotatable bonds is 5. The van der Waals surface area contributed by atoms with Crippen LogP contribution in [0.1, 0.15) is 0 Å². The first-order valence-electron chi connectivity index (χ1n) is 7.95. The van der Waals surface area contributed by atoms with Crippen molar-refractivity contribution in [3.63, 3.8) is 0 Å². The zero-order valence-corrected chi connectivity index (χ0v) is 16.6. The van der Waals surface area contributed by atoms with E-state index in [4.69, 9.17) is 23.2 Å². The number of carbonyl (C=O) groups excluding carboxylic acids is 1. The Morgan fingerprint density at radius 3 is 2.22 bits per heavy atom. The molecule has 0 heterocycles. The maximum absolute atomic E-state index is 12.5. The van der Waals surface area contributed by atoms with Gasteiger partial charge in [0, 0.05) is 15.7 Å². The van der Waals surface area contributed by atoms with Gasteiger partial charge in [0.15, 0.2) is 0 Å². The van der Waals surface area contributed by atoms with Crippen LogP contribution in [0.5, 0.6) is 0 Å². The van der Waals surface area contributed by atoms with E-state index in [0.717, 1.165) is 21.3 Å². The molecule has 0 saturated heterocycles. The highest BCUT2D eigenvalue weighted by Crippen LogP contribution is 2.27. The van der Waals surface area contributed by atoms with Crippen LogP contribution in [0.15, 0.2) is 60.7 Å². The third kappa shape index (κ3) is 4.91. The summed E-state index contributed by atoms with van der Waals surface area (Å²) in [5.74, 6) is -0.480. The minimum absolute atomic E-state index is 0.226. The standard InChI is InChI=1S/C19H16Cl2N2O3S/c1-27(25,26)23(18-10-15(20)9-16(21)11-18)12-19(24)22-17-7-6-13-4-2-3-5-14(13)8-17/h2-11H,12H2,1H3,(H,22,24). The van der Waals surface area contributed by atoms with Crippen LogP contribution in [0.4, 0.5) is 11.4 Å². The Morgan fingerprint density at radius 1 is 0.963 bits per heavy atom. The summed E-state index contributed by atoms with van der Waals surface area (Å²) in [6, 6.07) is 17.6. The molecule has 0 bridgehead atoms. The molecule has 0 fully saturated rings. The number of benzene rings is 3. The highest BCUT2D eigenvalue weighted by atomic mass is 35.5. The first-order chi connectivity index (χ1) is 12.7. The molecule has 3 aromatic carbocycles. The number of sulfonamides is 1. The van der Waals surface area contributed by atoms with Crippen LogP contribution in [0.2, 0.25) is 10.0 Å². The van der Waals surface area contributed by atoms with Crippen molar-refractivity contribution in [2.45, 2.75) is 0 Å². The Morgan fingerprint density at radius 2 is 1.59 bits per heavy atom. The lowest BCUT2D eigenvalue weighted by Crippen LogP contribution is -2.37. The number of nitrogens with zero attached hydrogens (tertiary/aromatic N) is 1. The molecule has 27 heavy (non-hydrogen) atoms. The fraction of sp³-hybridized carbons (Fsp3) is 0.105. The normalized spacial score (nSPS) is 11.4. The summed E-state index contributed by atoms with van der Waals surface area (Å²) in [5, 5.41) is 5.29. The number of fused-ring (bicyclic) bond motifs is 1. The van der Waals surface area contributed by atoms with E-state index in [1.54, 1.807) is 6.07 Å². The lowest BCUT2D eigenvalue weighted by atomic mass is 10.1. The van der Waals surface area contributed by atoms with Crippen LogP contribution in [0.3, 0.4) is 0 Å². The minimum Gasteiger partial charge on any atom is -0.324 e. The molecule has 8 heteroatoms. The number of hydrogen-bond acceptors (Lipinski definition) is 3. The smallest absolute Gasteiger partial charge is 0.245 e. The summed E-state index contributed by atoms with van der Waals surface area (Å²) in [6.07, 6.45) is 1.02. The van der Waals surface area contributed by atoms with Gasteiger partial charge in [-0.05, 0) is 41.1 Å². The quantitative estimate of drug-likeness (QED) is 0.655. The molecule has 0 aromatic heterocycles. The second kappa shape index (κ2) is 7.76. The van der Waals surface area contributed by atoms with Gasteiger partial charge in [0.1, 0.15) is 6.54 Å². The van der Waals surface area contributed by atoms with Crippen molar-refractivity contribution in [1.82, 2.24) is 0 Å². The van der Waals surface area contributed by atoms with Crippen molar-refractivity contribution < 1.29 is 13.2 Å². The summed E-state index contributed by atoms with van der Waals surface area (Å²) in [6.45, 7) is -0.400. The molecular weight excluding hydrogens is 407 g/mol. The van der Waals surface area contributed by atoms with Gasteiger partial charge in [-0.1, -0.05) is 53.5 Å². The Hall–Kier alpha value is -2.28. The van der Waals surface area contributed by atoms with E-state index in [0.29, 0.717) is 5.69 Å². The van der Waals surface area contributed by atoms with Gasteiger partial charge in [-0.15, -0.1) is 0 Å². The number of hydrogen-bond donors (Lipinski definition) is 1. The van der Waals surface area contributed by atoms with Crippen LogP contribution in [-0.4, -0.2) is 27.1 Å². The molecule has 3 aromatic rings. The Kier molecular flexibility index (Phi) is 5.60. The number of carbonyl (C=O) groups is 1.